The molecule has 2 heterocycles. The maximum atomic E-state index is 14.0. The van der Waals surface area contributed by atoms with Crippen molar-refractivity contribution < 1.29 is 38.0 Å². The molecule has 0 bridgehead atoms. The van der Waals surface area contributed by atoms with Crippen LogP contribution in [0.1, 0.15) is 44.4 Å². The summed E-state index contributed by atoms with van der Waals surface area (Å²) in [5.41, 5.74) is 1.13. The fraction of sp³-hybridized carbons (Fsp3) is 0.500. The SMILES string of the molecule is COC1=C(OC)C(=O)[C@]23COc4c5c(cc(c42)[C@@H](OC(C)=O)[C@@H](C)[C@@H](C)CC3=C1)OCO5. The molecule has 0 fully saturated rings. The third-order valence-electron chi connectivity index (χ3n) is 7.12. The number of rotatable bonds is 3. The average Bonchev–Trinajstić information content (AvgIpc) is 3.39. The lowest BCUT2D eigenvalue weighted by Crippen LogP contribution is -2.46. The van der Waals surface area contributed by atoms with E-state index in [0.717, 1.165) is 5.57 Å². The molecule has 170 valence electrons. The number of hydrogen-bond acceptors (Lipinski definition) is 8. The molecule has 0 saturated heterocycles. The van der Waals surface area contributed by atoms with Crippen LogP contribution in [0.15, 0.2) is 29.2 Å². The molecular weight excluding hydrogens is 416 g/mol. The van der Waals surface area contributed by atoms with E-state index in [2.05, 4.69) is 13.8 Å². The van der Waals surface area contributed by atoms with Crippen molar-refractivity contribution in [1.82, 2.24) is 0 Å². The number of esters is 1. The highest BCUT2D eigenvalue weighted by Gasteiger charge is 2.59. The standard InChI is InChI=1S/C24H26O8/c1-11-6-14-7-16(27-4)21(28-5)23(26)24(14)9-29-22-18(24)15(8-17-20(22)31-10-30-17)19(12(11)2)32-13(3)25/h7-8,11-12,19H,6,9-10H2,1-5H3/t11-,12-,19-,24-/m0/s1. The Morgan fingerprint density at radius 3 is 2.59 bits per heavy atom. The lowest BCUT2D eigenvalue weighted by atomic mass is 9.62. The number of Topliss-reactive ketones (excluding diaryl/α,β-unsaturated/α-hetero) is 1. The number of carbonyl (C=O) groups is 2. The second-order valence-corrected chi connectivity index (χ2v) is 8.77. The van der Waals surface area contributed by atoms with Crippen molar-refractivity contribution in [2.75, 3.05) is 27.6 Å². The molecule has 1 aromatic carbocycles. The largest absolute Gasteiger partial charge is 0.493 e. The molecule has 0 aromatic heterocycles. The maximum Gasteiger partial charge on any atom is 0.303 e. The first-order chi connectivity index (χ1) is 15.3. The van der Waals surface area contributed by atoms with Crippen LogP contribution in [-0.2, 0) is 29.2 Å². The second-order valence-electron chi connectivity index (χ2n) is 8.77. The van der Waals surface area contributed by atoms with Crippen molar-refractivity contribution in [2.45, 2.75) is 38.7 Å². The zero-order chi connectivity index (χ0) is 22.8. The van der Waals surface area contributed by atoms with Gasteiger partial charge in [0.15, 0.2) is 17.3 Å². The van der Waals surface area contributed by atoms with Gasteiger partial charge in [0.05, 0.1) is 14.2 Å². The van der Waals surface area contributed by atoms with E-state index < -0.39 is 11.5 Å². The van der Waals surface area contributed by atoms with Crippen LogP contribution in [0, 0.1) is 11.8 Å². The summed E-state index contributed by atoms with van der Waals surface area (Å²) in [6.07, 6.45) is 1.92. The highest BCUT2D eigenvalue weighted by Crippen LogP contribution is 2.61. The quantitative estimate of drug-likeness (QED) is 0.659. The van der Waals surface area contributed by atoms with Crippen LogP contribution in [0.4, 0.5) is 0 Å². The first-order valence-electron chi connectivity index (χ1n) is 10.7. The van der Waals surface area contributed by atoms with Gasteiger partial charge in [0, 0.05) is 24.0 Å². The number of ether oxygens (including phenoxy) is 6. The van der Waals surface area contributed by atoms with Gasteiger partial charge in [-0.15, -0.1) is 0 Å². The van der Waals surface area contributed by atoms with Crippen LogP contribution >= 0.6 is 0 Å². The van der Waals surface area contributed by atoms with Crippen molar-refractivity contribution in [3.05, 3.63) is 40.4 Å². The van der Waals surface area contributed by atoms with Gasteiger partial charge >= 0.3 is 5.97 Å². The Kier molecular flexibility index (Phi) is 4.65. The molecule has 4 atom stereocenters. The highest BCUT2D eigenvalue weighted by molar-refractivity contribution is 6.08. The van der Waals surface area contributed by atoms with Crippen molar-refractivity contribution in [1.29, 1.82) is 0 Å². The van der Waals surface area contributed by atoms with Gasteiger partial charge in [-0.3, -0.25) is 9.59 Å². The Labute approximate surface area is 186 Å². The van der Waals surface area contributed by atoms with Crippen LogP contribution in [0.5, 0.6) is 17.2 Å². The van der Waals surface area contributed by atoms with E-state index in [1.54, 1.807) is 0 Å². The molecule has 0 radical (unpaired) electrons. The first kappa shape index (κ1) is 20.7. The Hall–Kier alpha value is -3.16. The van der Waals surface area contributed by atoms with Crippen LogP contribution in [0.3, 0.4) is 0 Å². The van der Waals surface area contributed by atoms with Crippen LogP contribution in [-0.4, -0.2) is 39.4 Å². The molecule has 0 saturated carbocycles. The highest BCUT2D eigenvalue weighted by atomic mass is 16.7. The minimum Gasteiger partial charge on any atom is -0.493 e. The number of ketones is 1. The zero-order valence-electron chi connectivity index (χ0n) is 18.8. The molecule has 0 amide bonds. The normalized spacial score (nSPS) is 29.8. The smallest absolute Gasteiger partial charge is 0.303 e. The van der Waals surface area contributed by atoms with Crippen LogP contribution in [0.2, 0.25) is 0 Å². The van der Waals surface area contributed by atoms with Gasteiger partial charge in [0.1, 0.15) is 18.1 Å². The minimum atomic E-state index is -1.12. The maximum absolute atomic E-state index is 14.0. The monoisotopic (exact) mass is 442 g/mol. The third-order valence-corrected chi connectivity index (χ3v) is 7.12. The molecule has 8 heteroatoms. The van der Waals surface area contributed by atoms with Crippen molar-refractivity contribution >= 4 is 11.8 Å². The van der Waals surface area contributed by atoms with Crippen LogP contribution in [0.25, 0.3) is 0 Å². The summed E-state index contributed by atoms with van der Waals surface area (Å²) >= 11 is 0. The van der Waals surface area contributed by atoms with E-state index in [4.69, 9.17) is 28.4 Å². The zero-order valence-corrected chi connectivity index (χ0v) is 18.8. The van der Waals surface area contributed by atoms with Crippen molar-refractivity contribution in [3.63, 3.8) is 0 Å². The Balaban J connectivity index is 1.85. The molecule has 2 aliphatic carbocycles. The van der Waals surface area contributed by atoms with E-state index in [-0.39, 0.29) is 42.7 Å². The topological polar surface area (TPSA) is 89.5 Å². The van der Waals surface area contributed by atoms with Gasteiger partial charge in [0.25, 0.3) is 0 Å². The predicted molar refractivity (Wildman–Crippen MR) is 111 cm³/mol. The first-order valence-corrected chi connectivity index (χ1v) is 10.7. The third kappa shape index (κ3) is 2.61. The summed E-state index contributed by atoms with van der Waals surface area (Å²) in [7, 11) is 2.97. The Morgan fingerprint density at radius 2 is 1.91 bits per heavy atom. The fourth-order valence-electron chi connectivity index (χ4n) is 5.36. The number of hydrogen-bond donors (Lipinski definition) is 0. The second kappa shape index (κ2) is 7.18. The Bertz CT molecular complexity index is 1080. The Morgan fingerprint density at radius 1 is 1.12 bits per heavy atom. The van der Waals surface area contributed by atoms with Gasteiger partial charge in [0.2, 0.25) is 24.1 Å². The lowest BCUT2D eigenvalue weighted by molar-refractivity contribution is -0.150. The minimum absolute atomic E-state index is 0.0308. The van der Waals surface area contributed by atoms with E-state index in [1.165, 1.54) is 21.1 Å². The molecule has 5 rings (SSSR count). The van der Waals surface area contributed by atoms with Crippen molar-refractivity contribution in [2.24, 2.45) is 11.8 Å². The van der Waals surface area contributed by atoms with Gasteiger partial charge in [-0.25, -0.2) is 0 Å². The lowest BCUT2D eigenvalue weighted by Gasteiger charge is -2.41. The van der Waals surface area contributed by atoms with E-state index in [0.29, 0.717) is 40.6 Å². The number of fused-ring (bicyclic) bond motifs is 2. The summed E-state index contributed by atoms with van der Waals surface area (Å²) in [5, 5.41) is 0. The molecule has 1 spiro atoms. The van der Waals surface area contributed by atoms with Gasteiger partial charge in [-0.05, 0) is 30.1 Å². The van der Waals surface area contributed by atoms with Gasteiger partial charge < -0.3 is 28.4 Å². The van der Waals surface area contributed by atoms with Gasteiger partial charge in [-0.1, -0.05) is 13.8 Å². The average molecular weight is 442 g/mol. The number of benzene rings is 1. The molecule has 8 nitrogen and oxygen atoms in total. The summed E-state index contributed by atoms with van der Waals surface area (Å²) in [6, 6.07) is 1.83. The predicted octanol–water partition coefficient (Wildman–Crippen LogP) is 3.34. The molecule has 2 aliphatic heterocycles. The molecule has 1 aromatic rings. The molecule has 32 heavy (non-hydrogen) atoms. The summed E-state index contributed by atoms with van der Waals surface area (Å²) in [4.78, 5) is 26.1. The number of allylic oxidation sites excluding steroid dienone is 2. The molecule has 0 unspecified atom stereocenters. The van der Waals surface area contributed by atoms with Crippen molar-refractivity contribution in [3.8, 4) is 17.2 Å². The molecule has 0 N–H and O–H groups in total. The number of carbonyl (C=O) groups excluding carboxylic acids is 2. The fourth-order valence-corrected chi connectivity index (χ4v) is 5.36. The van der Waals surface area contributed by atoms with E-state index >= 15 is 0 Å². The summed E-state index contributed by atoms with van der Waals surface area (Å²) < 4.78 is 34.3. The molecular formula is C24H26O8. The number of methoxy groups -OCH3 is 2. The van der Waals surface area contributed by atoms with E-state index in [1.807, 2.05) is 12.1 Å². The van der Waals surface area contributed by atoms with Crippen LogP contribution < -0.4 is 14.2 Å². The molecule has 4 aliphatic rings. The summed E-state index contributed by atoms with van der Waals surface area (Å²) in [6.45, 7) is 5.69. The van der Waals surface area contributed by atoms with E-state index in [9.17, 15) is 9.59 Å². The summed E-state index contributed by atoms with van der Waals surface area (Å²) in [5.74, 6) is 1.42. The van der Waals surface area contributed by atoms with Gasteiger partial charge in [-0.2, -0.15) is 0 Å².